The number of aliphatic hydroxyl groups excluding tert-OH is 1. The zero-order valence-corrected chi connectivity index (χ0v) is 13.9. The molecule has 0 spiro atoms. The van der Waals surface area contributed by atoms with Crippen LogP contribution in [0.2, 0.25) is 0 Å². The van der Waals surface area contributed by atoms with Gasteiger partial charge in [-0.1, -0.05) is 42.3 Å². The number of amides is 1. The van der Waals surface area contributed by atoms with Gasteiger partial charge in [0.2, 0.25) is 0 Å². The molecule has 1 aromatic rings. The first-order valence-electron chi connectivity index (χ1n) is 6.16. The van der Waals surface area contributed by atoms with Crippen LogP contribution < -0.4 is 5.32 Å². The Kier molecular flexibility index (Phi) is 6.46. The van der Waals surface area contributed by atoms with E-state index in [-0.39, 0.29) is 17.4 Å². The molecule has 0 saturated carbocycles. The van der Waals surface area contributed by atoms with Crippen molar-refractivity contribution >= 4 is 38.9 Å². The van der Waals surface area contributed by atoms with Gasteiger partial charge in [-0.15, -0.1) is 0 Å². The third-order valence-corrected chi connectivity index (χ3v) is 4.68. The summed E-state index contributed by atoms with van der Waals surface area (Å²) in [5.74, 6) is -0.823. The molecule has 1 aromatic carbocycles. The van der Waals surface area contributed by atoms with Crippen LogP contribution in [0.15, 0.2) is 29.2 Å². The fourth-order valence-corrected chi connectivity index (χ4v) is 2.58. The highest BCUT2D eigenvalue weighted by Crippen LogP contribution is 2.21. The van der Waals surface area contributed by atoms with Gasteiger partial charge in [-0.25, -0.2) is 8.42 Å². The molecule has 5 nitrogen and oxygen atoms in total. The van der Waals surface area contributed by atoms with E-state index in [1.165, 1.54) is 12.1 Å². The number of sulfone groups is 1. The van der Waals surface area contributed by atoms with Crippen molar-refractivity contribution in [1.82, 2.24) is 5.32 Å². The van der Waals surface area contributed by atoms with E-state index < -0.39 is 26.6 Å². The topological polar surface area (TPSA) is 83.5 Å². The molecule has 0 bridgehead atoms. The monoisotopic (exact) mass is 353 g/mol. The van der Waals surface area contributed by atoms with Crippen molar-refractivity contribution < 1.29 is 18.3 Å². The number of nitrogens with one attached hydrogen (secondary N) is 1. The molecule has 0 saturated heterocycles. The van der Waals surface area contributed by atoms with Gasteiger partial charge in [0, 0.05) is 12.2 Å². The van der Waals surface area contributed by atoms with Gasteiger partial charge in [0.15, 0.2) is 14.7 Å². The zero-order valence-electron chi connectivity index (χ0n) is 11.6. The number of aliphatic hydroxyl groups is 1. The van der Waals surface area contributed by atoms with Gasteiger partial charge in [-0.3, -0.25) is 4.79 Å². The fourth-order valence-electron chi connectivity index (χ4n) is 1.83. The molecule has 0 heterocycles. The SMILES string of the molecule is CC(c1ccc(S(C)(=O)=O)cc1)C(CO)NC(=O)C(Cl)Cl. The molecule has 0 aliphatic heterocycles. The average molecular weight is 354 g/mol. The van der Waals surface area contributed by atoms with Gasteiger partial charge in [0.05, 0.1) is 17.5 Å². The Morgan fingerprint density at radius 1 is 1.29 bits per heavy atom. The minimum atomic E-state index is -3.26. The second-order valence-electron chi connectivity index (χ2n) is 4.73. The van der Waals surface area contributed by atoms with E-state index in [1.54, 1.807) is 19.1 Å². The van der Waals surface area contributed by atoms with Crippen LogP contribution in [0, 0.1) is 0 Å². The summed E-state index contributed by atoms with van der Waals surface area (Å²) >= 11 is 10.9. The van der Waals surface area contributed by atoms with Crippen LogP contribution in [-0.2, 0) is 14.6 Å². The lowest BCUT2D eigenvalue weighted by molar-refractivity contribution is -0.120. The average Bonchev–Trinajstić information content (AvgIpc) is 2.42. The summed E-state index contributed by atoms with van der Waals surface area (Å²) in [5.41, 5.74) is 0.780. The van der Waals surface area contributed by atoms with Crippen molar-refractivity contribution in [3.05, 3.63) is 29.8 Å². The van der Waals surface area contributed by atoms with Crippen molar-refractivity contribution in [2.45, 2.75) is 28.6 Å². The molecule has 2 unspecified atom stereocenters. The molecular weight excluding hydrogens is 337 g/mol. The minimum Gasteiger partial charge on any atom is -0.394 e. The molecule has 118 valence electrons. The molecular formula is C13H17Cl2NO4S. The van der Waals surface area contributed by atoms with Gasteiger partial charge < -0.3 is 10.4 Å². The van der Waals surface area contributed by atoms with Crippen LogP contribution in [0.25, 0.3) is 0 Å². The van der Waals surface area contributed by atoms with Crippen LogP contribution in [0.5, 0.6) is 0 Å². The van der Waals surface area contributed by atoms with E-state index in [4.69, 9.17) is 23.2 Å². The molecule has 21 heavy (non-hydrogen) atoms. The van der Waals surface area contributed by atoms with Crippen LogP contribution in [0.3, 0.4) is 0 Å². The first kappa shape index (κ1) is 18.2. The molecule has 0 fully saturated rings. The van der Waals surface area contributed by atoms with E-state index in [0.717, 1.165) is 11.8 Å². The molecule has 0 aliphatic rings. The Morgan fingerprint density at radius 3 is 2.19 bits per heavy atom. The summed E-state index contributed by atoms with van der Waals surface area (Å²) in [6, 6.07) is 5.71. The number of halogens is 2. The smallest absolute Gasteiger partial charge is 0.253 e. The Labute approximate surface area is 134 Å². The van der Waals surface area contributed by atoms with Gasteiger partial charge in [-0.05, 0) is 17.7 Å². The summed E-state index contributed by atoms with van der Waals surface area (Å²) in [6.07, 6.45) is 1.13. The van der Waals surface area contributed by atoms with Crippen LogP contribution in [-0.4, -0.2) is 43.2 Å². The summed E-state index contributed by atoms with van der Waals surface area (Å²) in [5, 5.41) is 11.9. The highest BCUT2D eigenvalue weighted by Gasteiger charge is 2.23. The van der Waals surface area contributed by atoms with Crippen LogP contribution in [0.1, 0.15) is 18.4 Å². The first-order valence-corrected chi connectivity index (χ1v) is 8.92. The van der Waals surface area contributed by atoms with E-state index in [2.05, 4.69) is 5.32 Å². The number of carbonyl (C=O) groups excluding carboxylic acids is 1. The first-order chi connectivity index (χ1) is 9.66. The van der Waals surface area contributed by atoms with Crippen molar-refractivity contribution in [1.29, 1.82) is 0 Å². The third-order valence-electron chi connectivity index (χ3n) is 3.16. The second-order valence-corrected chi connectivity index (χ2v) is 7.84. The number of hydrogen-bond acceptors (Lipinski definition) is 4. The standard InChI is InChI=1S/C13H17Cl2NO4S/c1-8(11(7-17)16-13(18)12(14)15)9-3-5-10(6-4-9)21(2,19)20/h3-6,8,11-12,17H,7H2,1-2H3,(H,16,18). The maximum absolute atomic E-state index is 11.5. The summed E-state index contributed by atoms with van der Waals surface area (Å²) < 4.78 is 22.8. The van der Waals surface area contributed by atoms with E-state index >= 15 is 0 Å². The zero-order chi connectivity index (χ0) is 16.2. The molecule has 0 radical (unpaired) electrons. The number of benzene rings is 1. The van der Waals surface area contributed by atoms with Crippen molar-refractivity contribution in [2.75, 3.05) is 12.9 Å². The lowest BCUT2D eigenvalue weighted by Crippen LogP contribution is -2.43. The number of rotatable bonds is 6. The van der Waals surface area contributed by atoms with Crippen molar-refractivity contribution in [3.63, 3.8) is 0 Å². The fraction of sp³-hybridized carbons (Fsp3) is 0.462. The molecule has 1 amide bonds. The van der Waals surface area contributed by atoms with Crippen molar-refractivity contribution in [2.24, 2.45) is 0 Å². The second kappa shape index (κ2) is 7.45. The number of hydrogen-bond donors (Lipinski definition) is 2. The highest BCUT2D eigenvalue weighted by molar-refractivity contribution is 7.90. The molecule has 1 rings (SSSR count). The van der Waals surface area contributed by atoms with E-state index in [0.29, 0.717) is 0 Å². The van der Waals surface area contributed by atoms with Crippen LogP contribution in [0.4, 0.5) is 0 Å². The molecule has 0 aromatic heterocycles. The van der Waals surface area contributed by atoms with Gasteiger partial charge >= 0.3 is 0 Å². The molecule has 2 N–H and O–H groups in total. The van der Waals surface area contributed by atoms with E-state index in [1.807, 2.05) is 0 Å². The normalized spacial score (nSPS) is 14.8. The summed E-state index contributed by atoms with van der Waals surface area (Å²) in [4.78, 5) is 10.5. The third kappa shape index (κ3) is 5.14. The lowest BCUT2D eigenvalue weighted by Gasteiger charge is -2.24. The lowest BCUT2D eigenvalue weighted by atomic mass is 9.94. The van der Waals surface area contributed by atoms with Gasteiger partial charge in [0.25, 0.3) is 5.91 Å². The van der Waals surface area contributed by atoms with Gasteiger partial charge in [-0.2, -0.15) is 0 Å². The number of carbonyl (C=O) groups is 1. The summed E-state index contributed by atoms with van der Waals surface area (Å²) in [7, 11) is -3.26. The molecule has 0 aliphatic carbocycles. The highest BCUT2D eigenvalue weighted by atomic mass is 35.5. The van der Waals surface area contributed by atoms with Crippen LogP contribution >= 0.6 is 23.2 Å². The largest absolute Gasteiger partial charge is 0.394 e. The van der Waals surface area contributed by atoms with Gasteiger partial charge in [0.1, 0.15) is 0 Å². The molecule has 2 atom stereocenters. The Bertz CT molecular complexity index is 587. The maximum Gasteiger partial charge on any atom is 0.253 e. The Hall–Kier alpha value is -0.820. The predicted octanol–water partition coefficient (Wildman–Crippen LogP) is 1.47. The Balaban J connectivity index is 2.90. The minimum absolute atomic E-state index is 0.213. The van der Waals surface area contributed by atoms with E-state index in [9.17, 15) is 18.3 Å². The summed E-state index contributed by atoms with van der Waals surface area (Å²) in [6.45, 7) is 1.51. The quantitative estimate of drug-likeness (QED) is 0.758. The Morgan fingerprint density at radius 2 is 1.81 bits per heavy atom. The van der Waals surface area contributed by atoms with Crippen molar-refractivity contribution in [3.8, 4) is 0 Å². The number of alkyl halides is 2. The molecule has 8 heteroatoms. The predicted molar refractivity (Wildman–Crippen MR) is 82.5 cm³/mol. The maximum atomic E-state index is 11.5.